The van der Waals surface area contributed by atoms with Crippen LogP contribution in [0.5, 0.6) is 0 Å². The number of alkyl halides is 3. The van der Waals surface area contributed by atoms with Crippen molar-refractivity contribution in [3.63, 3.8) is 0 Å². The highest BCUT2D eigenvalue weighted by molar-refractivity contribution is 5.95. The van der Waals surface area contributed by atoms with E-state index in [0.717, 1.165) is 18.6 Å². The van der Waals surface area contributed by atoms with E-state index in [4.69, 9.17) is 5.73 Å². The molecule has 3 nitrogen and oxygen atoms in total. The van der Waals surface area contributed by atoms with E-state index in [1.165, 1.54) is 12.1 Å². The van der Waals surface area contributed by atoms with Gasteiger partial charge in [0, 0.05) is 12.6 Å². The number of hydrogen-bond donors (Lipinski definition) is 2. The fourth-order valence-electron chi connectivity index (χ4n) is 1.72. The van der Waals surface area contributed by atoms with E-state index in [1.807, 2.05) is 6.92 Å². The zero-order valence-electron chi connectivity index (χ0n) is 10.6. The van der Waals surface area contributed by atoms with Gasteiger partial charge in [0.1, 0.15) is 0 Å². The molecular weight excluding hydrogens is 257 g/mol. The number of rotatable bonds is 5. The minimum absolute atomic E-state index is 0.166. The van der Waals surface area contributed by atoms with Crippen LogP contribution >= 0.6 is 0 Å². The molecule has 0 aliphatic heterocycles. The van der Waals surface area contributed by atoms with Crippen LogP contribution in [0.2, 0.25) is 0 Å². The van der Waals surface area contributed by atoms with Gasteiger partial charge in [0.2, 0.25) is 0 Å². The average Bonchev–Trinajstić information content (AvgIpc) is 2.35. The predicted octanol–water partition coefficient (Wildman–Crippen LogP) is 2.56. The van der Waals surface area contributed by atoms with Crippen LogP contribution in [0.25, 0.3) is 0 Å². The zero-order chi connectivity index (χ0) is 14.5. The van der Waals surface area contributed by atoms with E-state index in [1.54, 1.807) is 0 Å². The molecule has 0 radical (unpaired) electrons. The number of carbonyl (C=O) groups excluding carboxylic acids is 1. The van der Waals surface area contributed by atoms with Crippen LogP contribution in [0.15, 0.2) is 24.3 Å². The van der Waals surface area contributed by atoms with Crippen LogP contribution in [0.3, 0.4) is 0 Å². The van der Waals surface area contributed by atoms with Gasteiger partial charge in [-0.3, -0.25) is 4.79 Å². The number of benzene rings is 1. The summed E-state index contributed by atoms with van der Waals surface area (Å²) in [5, 5.41) is 2.43. The molecule has 0 bridgehead atoms. The van der Waals surface area contributed by atoms with Gasteiger partial charge in [-0.25, -0.2) is 0 Å². The molecular formula is C13H17F3N2O. The average molecular weight is 274 g/mol. The lowest BCUT2D eigenvalue weighted by Crippen LogP contribution is -2.37. The predicted molar refractivity (Wildman–Crippen MR) is 66.7 cm³/mol. The molecule has 1 atom stereocenters. The van der Waals surface area contributed by atoms with Crippen molar-refractivity contribution in [3.8, 4) is 0 Å². The van der Waals surface area contributed by atoms with Gasteiger partial charge in [-0.05, 0) is 18.6 Å². The summed E-state index contributed by atoms with van der Waals surface area (Å²) >= 11 is 0. The maximum Gasteiger partial charge on any atom is 0.417 e. The first-order chi connectivity index (χ1) is 8.86. The molecule has 0 aliphatic carbocycles. The summed E-state index contributed by atoms with van der Waals surface area (Å²) in [4.78, 5) is 11.8. The van der Waals surface area contributed by atoms with Gasteiger partial charge in [-0.2, -0.15) is 13.2 Å². The molecule has 0 aliphatic rings. The maximum absolute atomic E-state index is 12.7. The molecule has 106 valence electrons. The minimum atomic E-state index is -4.54. The van der Waals surface area contributed by atoms with Crippen molar-refractivity contribution >= 4 is 5.91 Å². The van der Waals surface area contributed by atoms with Gasteiger partial charge in [0.05, 0.1) is 11.1 Å². The van der Waals surface area contributed by atoms with Crippen LogP contribution in [-0.2, 0) is 6.18 Å². The van der Waals surface area contributed by atoms with E-state index >= 15 is 0 Å². The third-order valence-corrected chi connectivity index (χ3v) is 2.66. The Hall–Kier alpha value is -1.56. The number of amides is 1. The summed E-state index contributed by atoms with van der Waals surface area (Å²) < 4.78 is 38.2. The van der Waals surface area contributed by atoms with Gasteiger partial charge in [0.15, 0.2) is 0 Å². The van der Waals surface area contributed by atoms with Crippen LogP contribution in [-0.4, -0.2) is 18.5 Å². The molecule has 0 aromatic heterocycles. The zero-order valence-corrected chi connectivity index (χ0v) is 10.6. The van der Waals surface area contributed by atoms with Crippen molar-refractivity contribution < 1.29 is 18.0 Å². The molecule has 0 fully saturated rings. The second-order valence-electron chi connectivity index (χ2n) is 4.30. The van der Waals surface area contributed by atoms with Crippen molar-refractivity contribution in [1.82, 2.24) is 5.32 Å². The smallest absolute Gasteiger partial charge is 0.350 e. The lowest BCUT2D eigenvalue weighted by atomic mass is 10.1. The maximum atomic E-state index is 12.7. The highest BCUT2D eigenvalue weighted by atomic mass is 19.4. The fraction of sp³-hybridized carbons (Fsp3) is 0.462. The lowest BCUT2D eigenvalue weighted by molar-refractivity contribution is -0.137. The molecule has 1 aromatic rings. The first kappa shape index (κ1) is 15.5. The van der Waals surface area contributed by atoms with Crippen molar-refractivity contribution in [2.45, 2.75) is 32.0 Å². The summed E-state index contributed by atoms with van der Waals surface area (Å²) in [7, 11) is 0. The molecule has 1 aromatic carbocycles. The Morgan fingerprint density at radius 3 is 2.58 bits per heavy atom. The second kappa shape index (κ2) is 6.56. The fourth-order valence-corrected chi connectivity index (χ4v) is 1.72. The number of nitrogens with two attached hydrogens (primary N) is 1. The summed E-state index contributed by atoms with van der Waals surface area (Å²) in [5.74, 6) is -0.750. The van der Waals surface area contributed by atoms with E-state index in [9.17, 15) is 18.0 Å². The minimum Gasteiger partial charge on any atom is -0.350 e. The van der Waals surface area contributed by atoms with Gasteiger partial charge in [-0.15, -0.1) is 0 Å². The topological polar surface area (TPSA) is 55.1 Å². The third kappa shape index (κ3) is 4.55. The SMILES string of the molecule is CCCC(N)CNC(=O)c1ccccc1C(F)(F)F. The van der Waals surface area contributed by atoms with Crippen LogP contribution in [0, 0.1) is 0 Å². The molecule has 0 heterocycles. The summed E-state index contributed by atoms with van der Waals surface area (Å²) in [6.07, 6.45) is -2.98. The Morgan fingerprint density at radius 2 is 2.00 bits per heavy atom. The number of halogens is 3. The quantitative estimate of drug-likeness (QED) is 0.867. The first-order valence-corrected chi connectivity index (χ1v) is 6.06. The number of hydrogen-bond acceptors (Lipinski definition) is 2. The van der Waals surface area contributed by atoms with Crippen LogP contribution in [0.1, 0.15) is 35.7 Å². The van der Waals surface area contributed by atoms with Crippen LogP contribution < -0.4 is 11.1 Å². The largest absolute Gasteiger partial charge is 0.417 e. The highest BCUT2D eigenvalue weighted by Gasteiger charge is 2.34. The molecule has 0 spiro atoms. The standard InChI is InChI=1S/C13H17F3N2O/c1-2-5-9(17)8-18-12(19)10-6-3-4-7-11(10)13(14,15)16/h3-4,6-7,9H,2,5,8,17H2,1H3,(H,18,19). The monoisotopic (exact) mass is 274 g/mol. The molecule has 1 amide bonds. The molecule has 6 heteroatoms. The number of nitrogens with one attached hydrogen (secondary N) is 1. The van der Waals surface area contributed by atoms with E-state index < -0.39 is 17.6 Å². The van der Waals surface area contributed by atoms with Gasteiger partial charge >= 0.3 is 6.18 Å². The summed E-state index contributed by atoms with van der Waals surface area (Å²) in [6, 6.07) is 4.45. The third-order valence-electron chi connectivity index (χ3n) is 2.66. The summed E-state index contributed by atoms with van der Waals surface area (Å²) in [6.45, 7) is 2.11. The van der Waals surface area contributed by atoms with Gasteiger partial charge < -0.3 is 11.1 Å². The molecule has 3 N–H and O–H groups in total. The van der Waals surface area contributed by atoms with E-state index in [2.05, 4.69) is 5.32 Å². The van der Waals surface area contributed by atoms with Gasteiger partial charge in [-0.1, -0.05) is 25.5 Å². The summed E-state index contributed by atoms with van der Waals surface area (Å²) in [5.41, 5.74) is 4.39. The second-order valence-corrected chi connectivity index (χ2v) is 4.30. The normalized spacial score (nSPS) is 13.1. The number of carbonyl (C=O) groups is 1. The highest BCUT2D eigenvalue weighted by Crippen LogP contribution is 2.31. The van der Waals surface area contributed by atoms with Gasteiger partial charge in [0.25, 0.3) is 5.91 Å². The van der Waals surface area contributed by atoms with Crippen LogP contribution in [0.4, 0.5) is 13.2 Å². The molecule has 19 heavy (non-hydrogen) atoms. The van der Waals surface area contributed by atoms with Crippen molar-refractivity contribution in [2.75, 3.05) is 6.54 Å². The van der Waals surface area contributed by atoms with Crippen molar-refractivity contribution in [3.05, 3.63) is 35.4 Å². The lowest BCUT2D eigenvalue weighted by Gasteiger charge is -2.14. The van der Waals surface area contributed by atoms with Crippen molar-refractivity contribution in [2.24, 2.45) is 5.73 Å². The Bertz CT molecular complexity index is 432. The Labute approximate surface area is 110 Å². The van der Waals surface area contributed by atoms with E-state index in [-0.39, 0.29) is 18.2 Å². The molecule has 0 saturated carbocycles. The Balaban J connectivity index is 2.78. The Morgan fingerprint density at radius 1 is 1.37 bits per heavy atom. The first-order valence-electron chi connectivity index (χ1n) is 6.06. The van der Waals surface area contributed by atoms with E-state index in [0.29, 0.717) is 6.42 Å². The molecule has 1 unspecified atom stereocenters. The molecule has 0 saturated heterocycles. The Kier molecular flexibility index (Phi) is 5.35. The molecule has 1 rings (SSSR count). The van der Waals surface area contributed by atoms with Crippen molar-refractivity contribution in [1.29, 1.82) is 0 Å².